The van der Waals surface area contributed by atoms with Gasteiger partial charge in [0, 0.05) is 11.1 Å². The zero-order valence-electron chi connectivity index (χ0n) is 15.9. The molecule has 29 heavy (non-hydrogen) atoms. The van der Waals surface area contributed by atoms with E-state index < -0.39 is 5.91 Å². The fraction of sp³-hybridized carbons (Fsp3) is 0.150. The first-order valence-corrected chi connectivity index (χ1v) is 9.26. The third kappa shape index (κ3) is 4.70. The van der Waals surface area contributed by atoms with Gasteiger partial charge in [-0.3, -0.25) is 9.89 Å². The minimum atomic E-state index is -0.427. The number of nitrogens with zero attached hydrogens (tertiary/aromatic N) is 2. The number of H-pyrrole nitrogens is 1. The standard InChI is InChI=1S/C20H18Cl2N4O3/c1-11(12-5-7-18(28-2)19(9-12)29-3)23-26-20(27)17-10-16(24-25-17)13-4-6-14(21)15(22)8-13/h4-10H,1-3H3,(H,24,25)(H,26,27)/b23-11-. The number of rotatable bonds is 6. The minimum Gasteiger partial charge on any atom is -0.493 e. The van der Waals surface area contributed by atoms with Gasteiger partial charge in [-0.1, -0.05) is 29.3 Å². The number of methoxy groups -OCH3 is 2. The number of carbonyl (C=O) groups is 1. The summed E-state index contributed by atoms with van der Waals surface area (Å²) in [7, 11) is 3.12. The molecule has 1 heterocycles. The normalized spacial score (nSPS) is 11.3. The Labute approximate surface area is 177 Å². The van der Waals surface area contributed by atoms with Crippen molar-refractivity contribution in [2.75, 3.05) is 14.2 Å². The lowest BCUT2D eigenvalue weighted by Crippen LogP contribution is -2.19. The Kier molecular flexibility index (Phi) is 6.41. The SMILES string of the molecule is COc1ccc(/C(C)=N\NC(=O)c2cc(-c3ccc(Cl)c(Cl)c3)n[nH]2)cc1OC. The molecule has 7 nitrogen and oxygen atoms in total. The summed E-state index contributed by atoms with van der Waals surface area (Å²) in [6.45, 7) is 1.77. The van der Waals surface area contributed by atoms with Crippen molar-refractivity contribution in [1.29, 1.82) is 0 Å². The molecule has 3 rings (SSSR count). The molecular formula is C20H18Cl2N4O3. The number of nitrogens with one attached hydrogen (secondary N) is 2. The molecule has 0 aliphatic rings. The second-order valence-electron chi connectivity index (χ2n) is 6.00. The largest absolute Gasteiger partial charge is 0.493 e. The number of aromatic amines is 1. The summed E-state index contributed by atoms with van der Waals surface area (Å²) in [5, 5.41) is 11.8. The molecule has 0 radical (unpaired) electrons. The molecule has 3 aromatic rings. The van der Waals surface area contributed by atoms with Crippen LogP contribution < -0.4 is 14.9 Å². The van der Waals surface area contributed by atoms with Crippen LogP contribution in [0.5, 0.6) is 11.5 Å². The van der Waals surface area contributed by atoms with Crippen LogP contribution in [0, 0.1) is 0 Å². The van der Waals surface area contributed by atoms with E-state index in [1.54, 1.807) is 57.5 Å². The zero-order valence-corrected chi connectivity index (χ0v) is 17.4. The topological polar surface area (TPSA) is 88.6 Å². The van der Waals surface area contributed by atoms with Crippen LogP contribution in [0.25, 0.3) is 11.3 Å². The molecule has 0 saturated carbocycles. The molecule has 0 saturated heterocycles. The van der Waals surface area contributed by atoms with Gasteiger partial charge >= 0.3 is 0 Å². The molecule has 150 valence electrons. The van der Waals surface area contributed by atoms with Crippen molar-refractivity contribution < 1.29 is 14.3 Å². The van der Waals surface area contributed by atoms with E-state index in [1.807, 2.05) is 6.07 Å². The number of amides is 1. The number of hydrogen-bond donors (Lipinski definition) is 2. The fourth-order valence-corrected chi connectivity index (χ4v) is 2.86. The highest BCUT2D eigenvalue weighted by Gasteiger charge is 2.12. The van der Waals surface area contributed by atoms with E-state index >= 15 is 0 Å². The molecule has 0 fully saturated rings. The van der Waals surface area contributed by atoms with Gasteiger partial charge in [-0.15, -0.1) is 0 Å². The second kappa shape index (κ2) is 8.98. The van der Waals surface area contributed by atoms with E-state index in [4.69, 9.17) is 32.7 Å². The number of hydrazone groups is 1. The Morgan fingerprint density at radius 2 is 1.79 bits per heavy atom. The number of benzene rings is 2. The van der Waals surface area contributed by atoms with Gasteiger partial charge in [0.15, 0.2) is 11.5 Å². The van der Waals surface area contributed by atoms with Crippen LogP contribution in [-0.2, 0) is 0 Å². The Morgan fingerprint density at radius 1 is 1.03 bits per heavy atom. The summed E-state index contributed by atoms with van der Waals surface area (Å²) in [5.41, 5.74) is 5.45. The number of carbonyl (C=O) groups excluding carboxylic acids is 1. The van der Waals surface area contributed by atoms with Gasteiger partial charge in [0.2, 0.25) is 0 Å². The van der Waals surface area contributed by atoms with Gasteiger partial charge in [-0.2, -0.15) is 10.2 Å². The number of ether oxygens (including phenoxy) is 2. The van der Waals surface area contributed by atoms with Crippen LogP contribution in [0.3, 0.4) is 0 Å². The first-order valence-electron chi connectivity index (χ1n) is 8.50. The van der Waals surface area contributed by atoms with Gasteiger partial charge < -0.3 is 9.47 Å². The van der Waals surface area contributed by atoms with Crippen LogP contribution >= 0.6 is 23.2 Å². The van der Waals surface area contributed by atoms with E-state index in [1.165, 1.54) is 0 Å². The van der Waals surface area contributed by atoms with Gasteiger partial charge in [0.1, 0.15) is 5.69 Å². The van der Waals surface area contributed by atoms with E-state index in [0.29, 0.717) is 32.9 Å². The first kappa shape index (κ1) is 20.7. The van der Waals surface area contributed by atoms with Crippen molar-refractivity contribution in [2.45, 2.75) is 6.92 Å². The van der Waals surface area contributed by atoms with E-state index in [0.717, 1.165) is 11.1 Å². The Hall–Kier alpha value is -3.03. The van der Waals surface area contributed by atoms with Crippen molar-refractivity contribution in [3.05, 3.63) is 63.8 Å². The fourth-order valence-electron chi connectivity index (χ4n) is 2.56. The van der Waals surface area contributed by atoms with Crippen LogP contribution in [0.15, 0.2) is 47.6 Å². The van der Waals surface area contributed by atoms with Crippen molar-refractivity contribution in [1.82, 2.24) is 15.6 Å². The maximum Gasteiger partial charge on any atom is 0.289 e. The predicted molar refractivity (Wildman–Crippen MR) is 113 cm³/mol. The molecule has 0 unspecified atom stereocenters. The van der Waals surface area contributed by atoms with E-state index in [-0.39, 0.29) is 5.69 Å². The molecule has 2 aromatic carbocycles. The number of hydrogen-bond acceptors (Lipinski definition) is 5. The summed E-state index contributed by atoms with van der Waals surface area (Å²) in [6.07, 6.45) is 0. The molecule has 0 aliphatic heterocycles. The molecule has 1 amide bonds. The van der Waals surface area contributed by atoms with Crippen LogP contribution in [0.1, 0.15) is 23.0 Å². The number of halogens is 2. The van der Waals surface area contributed by atoms with Crippen LogP contribution in [-0.4, -0.2) is 36.0 Å². The summed E-state index contributed by atoms with van der Waals surface area (Å²) < 4.78 is 10.5. The van der Waals surface area contributed by atoms with Crippen molar-refractivity contribution >= 4 is 34.8 Å². The Balaban J connectivity index is 1.73. The summed E-state index contributed by atoms with van der Waals surface area (Å²) >= 11 is 12.0. The molecule has 0 bridgehead atoms. The third-order valence-electron chi connectivity index (χ3n) is 4.16. The minimum absolute atomic E-state index is 0.259. The van der Waals surface area contributed by atoms with Crippen molar-refractivity contribution in [2.24, 2.45) is 5.10 Å². The van der Waals surface area contributed by atoms with Gasteiger partial charge in [-0.25, -0.2) is 5.43 Å². The number of aromatic nitrogens is 2. The molecule has 9 heteroatoms. The Bertz CT molecular complexity index is 1080. The predicted octanol–water partition coefficient (Wildman–Crippen LogP) is 4.55. The zero-order chi connectivity index (χ0) is 21.0. The molecule has 0 spiro atoms. The summed E-state index contributed by atoms with van der Waals surface area (Å²) in [5.74, 6) is 0.759. The van der Waals surface area contributed by atoms with Crippen molar-refractivity contribution in [3.8, 4) is 22.8 Å². The lowest BCUT2D eigenvalue weighted by molar-refractivity contribution is 0.0950. The quantitative estimate of drug-likeness (QED) is 0.441. The van der Waals surface area contributed by atoms with Gasteiger partial charge in [0.25, 0.3) is 5.91 Å². The monoisotopic (exact) mass is 432 g/mol. The molecule has 2 N–H and O–H groups in total. The highest BCUT2D eigenvalue weighted by atomic mass is 35.5. The smallest absolute Gasteiger partial charge is 0.289 e. The maximum atomic E-state index is 12.4. The third-order valence-corrected chi connectivity index (χ3v) is 4.90. The van der Waals surface area contributed by atoms with Gasteiger partial charge in [-0.05, 0) is 43.3 Å². The molecule has 1 aromatic heterocycles. The molecular weight excluding hydrogens is 415 g/mol. The summed E-state index contributed by atoms with van der Waals surface area (Å²) in [6, 6.07) is 12.1. The van der Waals surface area contributed by atoms with E-state index in [2.05, 4.69) is 20.7 Å². The molecule has 0 atom stereocenters. The first-order chi connectivity index (χ1) is 13.9. The maximum absolute atomic E-state index is 12.4. The molecule has 0 aliphatic carbocycles. The van der Waals surface area contributed by atoms with Gasteiger partial charge in [0.05, 0.1) is 35.7 Å². The van der Waals surface area contributed by atoms with Crippen molar-refractivity contribution in [3.63, 3.8) is 0 Å². The Morgan fingerprint density at radius 3 is 2.48 bits per heavy atom. The highest BCUT2D eigenvalue weighted by molar-refractivity contribution is 6.42. The van der Waals surface area contributed by atoms with Crippen LogP contribution in [0.2, 0.25) is 10.0 Å². The average molecular weight is 433 g/mol. The lowest BCUT2D eigenvalue weighted by atomic mass is 10.1. The highest BCUT2D eigenvalue weighted by Crippen LogP contribution is 2.28. The van der Waals surface area contributed by atoms with E-state index in [9.17, 15) is 4.79 Å². The second-order valence-corrected chi connectivity index (χ2v) is 6.82. The summed E-state index contributed by atoms with van der Waals surface area (Å²) in [4.78, 5) is 12.4. The average Bonchev–Trinajstić information content (AvgIpc) is 3.23. The lowest BCUT2D eigenvalue weighted by Gasteiger charge is -2.09. The van der Waals surface area contributed by atoms with Crippen LogP contribution in [0.4, 0.5) is 0 Å².